The maximum atomic E-state index is 9.08. The molecule has 1 rings (SSSR count). The van der Waals surface area contributed by atoms with Gasteiger partial charge in [-0.25, -0.2) is 0 Å². The minimum absolute atomic E-state index is 0.0966. The summed E-state index contributed by atoms with van der Waals surface area (Å²) in [6.45, 7) is 5.75. The minimum atomic E-state index is -1.07. The van der Waals surface area contributed by atoms with Crippen molar-refractivity contribution in [3.05, 3.63) is 0 Å². The van der Waals surface area contributed by atoms with Gasteiger partial charge in [-0.05, 0) is 6.92 Å². The molecule has 74 valence electrons. The first-order chi connectivity index (χ1) is 5.63. The zero-order valence-corrected chi connectivity index (χ0v) is 7.77. The average molecular weight is 178 g/mol. The number of ether oxygens (including phenoxy) is 1. The first-order valence-corrected chi connectivity index (χ1v) is 4.28. The van der Waals surface area contributed by atoms with Crippen LogP contribution in [0.2, 0.25) is 0 Å². The highest BCUT2D eigenvalue weighted by atomic mass is 16.5. The normalized spacial score (nSPS) is 41.5. The van der Waals surface area contributed by atoms with Crippen LogP contribution in [-0.4, -0.2) is 46.3 Å². The van der Waals surface area contributed by atoms with E-state index in [9.17, 15) is 0 Å². The van der Waals surface area contributed by atoms with Crippen LogP contribution < -0.4 is 0 Å². The molecule has 4 atom stereocenters. The van der Waals surface area contributed by atoms with Crippen molar-refractivity contribution in [2.75, 3.05) is 6.61 Å². The Kier molecular flexibility index (Phi) is 5.41. The number of aliphatic hydroxyl groups excluding tert-OH is 3. The van der Waals surface area contributed by atoms with Gasteiger partial charge in [-0.15, -0.1) is 0 Å². The first kappa shape index (κ1) is 11.8. The van der Waals surface area contributed by atoms with Crippen LogP contribution in [-0.2, 0) is 4.74 Å². The van der Waals surface area contributed by atoms with E-state index in [-0.39, 0.29) is 6.61 Å². The lowest BCUT2D eigenvalue weighted by atomic mass is 10.0. The number of rotatable bonds is 0. The monoisotopic (exact) mass is 178 g/mol. The van der Waals surface area contributed by atoms with Gasteiger partial charge in [-0.2, -0.15) is 0 Å². The van der Waals surface area contributed by atoms with Gasteiger partial charge in [0.05, 0.1) is 12.7 Å². The van der Waals surface area contributed by atoms with Crippen LogP contribution in [0, 0.1) is 0 Å². The van der Waals surface area contributed by atoms with E-state index < -0.39 is 24.4 Å². The molecule has 0 aromatic heterocycles. The molecule has 0 aromatic carbocycles. The van der Waals surface area contributed by atoms with Crippen LogP contribution in [0.15, 0.2) is 0 Å². The Labute approximate surface area is 72.8 Å². The summed E-state index contributed by atoms with van der Waals surface area (Å²) in [6.07, 6.45) is -3.38. The van der Waals surface area contributed by atoms with Crippen LogP contribution >= 0.6 is 0 Å². The summed E-state index contributed by atoms with van der Waals surface area (Å²) in [4.78, 5) is 0. The van der Waals surface area contributed by atoms with E-state index in [0.717, 1.165) is 0 Å². The molecule has 0 saturated carbocycles. The molecular weight excluding hydrogens is 160 g/mol. The van der Waals surface area contributed by atoms with E-state index in [4.69, 9.17) is 20.1 Å². The van der Waals surface area contributed by atoms with Gasteiger partial charge in [0.25, 0.3) is 0 Å². The lowest BCUT2D eigenvalue weighted by Crippen LogP contribution is -2.51. The van der Waals surface area contributed by atoms with E-state index >= 15 is 0 Å². The van der Waals surface area contributed by atoms with Gasteiger partial charge in [0.2, 0.25) is 0 Å². The Hall–Kier alpha value is -0.160. The van der Waals surface area contributed by atoms with E-state index in [2.05, 4.69) is 0 Å². The average Bonchev–Trinajstić information content (AvgIpc) is 2.12. The molecular formula is C8H18O4. The van der Waals surface area contributed by atoms with Crippen LogP contribution in [0.5, 0.6) is 0 Å². The van der Waals surface area contributed by atoms with E-state index in [1.54, 1.807) is 6.92 Å². The molecule has 4 nitrogen and oxygen atoms in total. The fourth-order valence-electron chi connectivity index (χ4n) is 0.953. The van der Waals surface area contributed by atoms with E-state index in [1.807, 2.05) is 13.8 Å². The van der Waals surface area contributed by atoms with Crippen LogP contribution in [0.1, 0.15) is 20.8 Å². The van der Waals surface area contributed by atoms with Gasteiger partial charge in [0, 0.05) is 0 Å². The molecule has 0 aliphatic carbocycles. The Morgan fingerprint density at radius 2 is 1.58 bits per heavy atom. The molecule has 0 bridgehead atoms. The molecule has 12 heavy (non-hydrogen) atoms. The zero-order valence-electron chi connectivity index (χ0n) is 7.77. The summed E-state index contributed by atoms with van der Waals surface area (Å²) >= 11 is 0. The Bertz CT molecular complexity index is 104. The van der Waals surface area contributed by atoms with Gasteiger partial charge in [0.15, 0.2) is 0 Å². The van der Waals surface area contributed by atoms with Crippen LogP contribution in [0.3, 0.4) is 0 Å². The Morgan fingerprint density at radius 3 is 2.00 bits per heavy atom. The van der Waals surface area contributed by atoms with Gasteiger partial charge >= 0.3 is 0 Å². The summed E-state index contributed by atoms with van der Waals surface area (Å²) in [5.74, 6) is 0. The van der Waals surface area contributed by atoms with Gasteiger partial charge in [-0.3, -0.25) is 0 Å². The Balaban J connectivity index is 0.000000561. The van der Waals surface area contributed by atoms with Crippen molar-refractivity contribution in [1.82, 2.24) is 0 Å². The predicted molar refractivity (Wildman–Crippen MR) is 44.8 cm³/mol. The standard InChI is InChI=1S/C6H12O4.C2H6/c1-3-5(8)6(9)4(7)2-10-3;1-2/h3-9H,2H2,1H3;1-2H3/t3-,4+,5+,6+;/m0./s1. The maximum Gasteiger partial charge on any atom is 0.110 e. The quantitative estimate of drug-likeness (QED) is 0.468. The van der Waals surface area contributed by atoms with Crippen LogP contribution in [0.4, 0.5) is 0 Å². The molecule has 1 heterocycles. The second kappa shape index (κ2) is 5.48. The maximum absolute atomic E-state index is 9.08. The van der Waals surface area contributed by atoms with Crippen molar-refractivity contribution in [2.45, 2.75) is 45.2 Å². The van der Waals surface area contributed by atoms with E-state index in [0.29, 0.717) is 0 Å². The summed E-state index contributed by atoms with van der Waals surface area (Å²) in [6, 6.07) is 0. The highest BCUT2D eigenvalue weighted by Gasteiger charge is 2.34. The third-order valence-electron chi connectivity index (χ3n) is 1.75. The topological polar surface area (TPSA) is 69.9 Å². The highest BCUT2D eigenvalue weighted by Crippen LogP contribution is 2.14. The molecule has 1 aliphatic heterocycles. The van der Waals surface area contributed by atoms with Gasteiger partial charge in [0.1, 0.15) is 18.3 Å². The molecule has 3 N–H and O–H groups in total. The second-order valence-corrected chi connectivity index (χ2v) is 2.59. The summed E-state index contributed by atoms with van der Waals surface area (Å²) < 4.78 is 4.91. The summed E-state index contributed by atoms with van der Waals surface area (Å²) in [5, 5.41) is 27.0. The summed E-state index contributed by atoms with van der Waals surface area (Å²) in [5.41, 5.74) is 0. The van der Waals surface area contributed by atoms with Crippen molar-refractivity contribution < 1.29 is 20.1 Å². The van der Waals surface area contributed by atoms with Gasteiger partial charge in [-0.1, -0.05) is 13.8 Å². The molecule has 1 fully saturated rings. The van der Waals surface area contributed by atoms with Crippen molar-refractivity contribution in [2.24, 2.45) is 0 Å². The van der Waals surface area contributed by atoms with Crippen molar-refractivity contribution >= 4 is 0 Å². The van der Waals surface area contributed by atoms with E-state index in [1.165, 1.54) is 0 Å². The molecule has 0 spiro atoms. The first-order valence-electron chi connectivity index (χ1n) is 4.28. The third kappa shape index (κ3) is 2.71. The number of hydrogen-bond donors (Lipinski definition) is 3. The molecule has 4 heteroatoms. The van der Waals surface area contributed by atoms with Crippen molar-refractivity contribution in [3.63, 3.8) is 0 Å². The van der Waals surface area contributed by atoms with Crippen LogP contribution in [0.25, 0.3) is 0 Å². The highest BCUT2D eigenvalue weighted by molar-refractivity contribution is 4.83. The zero-order chi connectivity index (χ0) is 9.72. The Morgan fingerprint density at radius 1 is 1.08 bits per heavy atom. The fourth-order valence-corrected chi connectivity index (χ4v) is 0.953. The smallest absolute Gasteiger partial charge is 0.110 e. The summed E-state index contributed by atoms with van der Waals surface area (Å²) in [7, 11) is 0. The predicted octanol–water partition coefficient (Wildman–Crippen LogP) is -0.486. The number of aliphatic hydroxyl groups is 3. The largest absolute Gasteiger partial charge is 0.388 e. The molecule has 0 radical (unpaired) electrons. The van der Waals surface area contributed by atoms with Crippen molar-refractivity contribution in [3.8, 4) is 0 Å². The minimum Gasteiger partial charge on any atom is -0.388 e. The lowest BCUT2D eigenvalue weighted by Gasteiger charge is -2.33. The molecule has 1 aliphatic rings. The second-order valence-electron chi connectivity index (χ2n) is 2.59. The number of hydrogen-bond acceptors (Lipinski definition) is 4. The molecule has 0 aromatic rings. The molecule has 0 amide bonds. The molecule has 0 unspecified atom stereocenters. The SMILES string of the molecule is CC.C[C@@H]1OC[C@@H](O)[C@@H](O)[C@@H]1O. The van der Waals surface area contributed by atoms with Gasteiger partial charge < -0.3 is 20.1 Å². The molecule has 1 saturated heterocycles. The van der Waals surface area contributed by atoms with Crippen molar-refractivity contribution in [1.29, 1.82) is 0 Å². The fraction of sp³-hybridized carbons (Fsp3) is 1.00. The lowest BCUT2D eigenvalue weighted by molar-refractivity contribution is -0.181. The third-order valence-corrected chi connectivity index (χ3v) is 1.75.